The van der Waals surface area contributed by atoms with Crippen LogP contribution in [0.3, 0.4) is 0 Å². The number of amides is 1. The number of Topliss-reactive ketones (excluding diaryl/α,β-unsaturated/α-hetero) is 1. The first-order chi connectivity index (χ1) is 11.9. The molecule has 2 N–H and O–H groups in total. The number of carbonyl (C=O) groups is 2. The largest absolute Gasteiger partial charge is 0.504 e. The van der Waals surface area contributed by atoms with Crippen molar-refractivity contribution in [3.8, 4) is 11.5 Å². The zero-order valence-corrected chi connectivity index (χ0v) is 14.7. The van der Waals surface area contributed by atoms with Gasteiger partial charge in [0.25, 0.3) is 5.91 Å². The van der Waals surface area contributed by atoms with Gasteiger partial charge in [-0.15, -0.1) is 0 Å². The molecule has 1 heterocycles. The van der Waals surface area contributed by atoms with Crippen molar-refractivity contribution in [2.75, 3.05) is 4.90 Å². The van der Waals surface area contributed by atoms with E-state index in [1.165, 1.54) is 24.0 Å². The van der Waals surface area contributed by atoms with Gasteiger partial charge in [-0.25, -0.2) is 0 Å². The van der Waals surface area contributed by atoms with Crippen LogP contribution in [0, 0.1) is 0 Å². The first-order valence-corrected chi connectivity index (χ1v) is 8.50. The number of nitrogens with zero attached hydrogens (tertiary/aromatic N) is 1. The molecule has 7 heteroatoms. The molecule has 3 rings (SSSR count). The molecular formula is C18H13NO4S2. The van der Waals surface area contributed by atoms with Crippen LogP contribution in [0.5, 0.6) is 11.5 Å². The Kier molecular flexibility index (Phi) is 4.61. The molecule has 2 aromatic rings. The number of benzene rings is 2. The third-order valence-corrected chi connectivity index (χ3v) is 4.90. The second kappa shape index (κ2) is 6.70. The number of rotatable bonds is 3. The fourth-order valence-corrected chi connectivity index (χ4v) is 3.63. The highest BCUT2D eigenvalue weighted by molar-refractivity contribution is 8.27. The van der Waals surface area contributed by atoms with Gasteiger partial charge in [0.05, 0.1) is 10.6 Å². The molecular weight excluding hydrogens is 358 g/mol. The van der Waals surface area contributed by atoms with E-state index in [0.29, 0.717) is 26.0 Å². The average Bonchev–Trinajstić information content (AvgIpc) is 2.85. The maximum atomic E-state index is 12.7. The molecule has 0 spiro atoms. The van der Waals surface area contributed by atoms with Crippen molar-refractivity contribution in [2.24, 2.45) is 0 Å². The molecule has 0 aromatic heterocycles. The Morgan fingerprint density at radius 1 is 1.16 bits per heavy atom. The minimum Gasteiger partial charge on any atom is -0.504 e. The lowest BCUT2D eigenvalue weighted by Crippen LogP contribution is -2.27. The summed E-state index contributed by atoms with van der Waals surface area (Å²) in [6.07, 6.45) is 1.59. The number of phenolic OH excluding ortho intramolecular Hbond substituents is 2. The first-order valence-electron chi connectivity index (χ1n) is 7.28. The third kappa shape index (κ3) is 3.42. The van der Waals surface area contributed by atoms with Crippen molar-refractivity contribution >= 4 is 51.8 Å². The SMILES string of the molecule is CC(=O)c1cccc(N2C(=O)/C(=C/c3ccc(O)c(O)c3)SC2=S)c1. The number of thiocarbonyl (C=S) groups is 1. The molecule has 1 aliphatic rings. The third-order valence-electron chi connectivity index (χ3n) is 3.60. The van der Waals surface area contributed by atoms with Gasteiger partial charge in [0.2, 0.25) is 0 Å². The summed E-state index contributed by atoms with van der Waals surface area (Å²) >= 11 is 6.44. The van der Waals surface area contributed by atoms with Gasteiger partial charge in [0.15, 0.2) is 21.6 Å². The molecule has 25 heavy (non-hydrogen) atoms. The number of phenols is 2. The maximum Gasteiger partial charge on any atom is 0.270 e. The lowest BCUT2D eigenvalue weighted by atomic mass is 10.1. The Morgan fingerprint density at radius 3 is 2.60 bits per heavy atom. The average molecular weight is 371 g/mol. The molecule has 0 radical (unpaired) electrons. The molecule has 1 aliphatic heterocycles. The zero-order valence-electron chi connectivity index (χ0n) is 13.1. The summed E-state index contributed by atoms with van der Waals surface area (Å²) < 4.78 is 0.361. The van der Waals surface area contributed by atoms with Crippen molar-refractivity contribution in [1.29, 1.82) is 0 Å². The normalized spacial score (nSPS) is 15.9. The summed E-state index contributed by atoms with van der Waals surface area (Å²) in [5, 5.41) is 18.9. The van der Waals surface area contributed by atoms with Gasteiger partial charge in [-0.05, 0) is 42.8 Å². The van der Waals surface area contributed by atoms with Crippen molar-refractivity contribution in [2.45, 2.75) is 6.92 Å². The van der Waals surface area contributed by atoms with Gasteiger partial charge >= 0.3 is 0 Å². The van der Waals surface area contributed by atoms with Gasteiger partial charge in [0.1, 0.15) is 0 Å². The smallest absolute Gasteiger partial charge is 0.270 e. The van der Waals surface area contributed by atoms with Crippen LogP contribution in [-0.2, 0) is 4.79 Å². The Bertz CT molecular complexity index is 936. The fourth-order valence-electron chi connectivity index (χ4n) is 2.34. The standard InChI is InChI=1S/C18H13NO4S2/c1-10(20)12-3-2-4-13(9-12)19-17(23)16(25-18(19)24)8-11-5-6-14(21)15(22)7-11/h2-9,21-22H,1H3/b16-8-. The van der Waals surface area contributed by atoms with Crippen molar-refractivity contribution in [1.82, 2.24) is 0 Å². The molecule has 5 nitrogen and oxygen atoms in total. The predicted molar refractivity (Wildman–Crippen MR) is 102 cm³/mol. The molecule has 0 aliphatic carbocycles. The zero-order chi connectivity index (χ0) is 18.1. The molecule has 1 saturated heterocycles. The van der Waals surface area contributed by atoms with Crippen molar-refractivity contribution < 1.29 is 19.8 Å². The molecule has 0 unspecified atom stereocenters. The molecule has 1 amide bonds. The molecule has 0 atom stereocenters. The summed E-state index contributed by atoms with van der Waals surface area (Å²) in [7, 11) is 0. The number of anilines is 1. The molecule has 0 saturated carbocycles. The second-order valence-corrected chi connectivity index (χ2v) is 7.05. The number of aromatic hydroxyl groups is 2. The maximum absolute atomic E-state index is 12.7. The summed E-state index contributed by atoms with van der Waals surface area (Å²) in [5.41, 5.74) is 1.60. The van der Waals surface area contributed by atoms with E-state index in [0.717, 1.165) is 11.8 Å². The summed E-state index contributed by atoms with van der Waals surface area (Å²) in [6.45, 7) is 1.46. The van der Waals surface area contributed by atoms with Crippen molar-refractivity contribution in [3.63, 3.8) is 0 Å². The van der Waals surface area contributed by atoms with E-state index in [-0.39, 0.29) is 23.2 Å². The lowest BCUT2D eigenvalue weighted by molar-refractivity contribution is -0.113. The summed E-state index contributed by atoms with van der Waals surface area (Å²) in [6, 6.07) is 11.0. The van der Waals surface area contributed by atoms with E-state index in [1.807, 2.05) is 0 Å². The highest BCUT2D eigenvalue weighted by atomic mass is 32.2. The number of thioether (sulfide) groups is 1. The monoisotopic (exact) mass is 371 g/mol. The van der Waals surface area contributed by atoms with Gasteiger partial charge in [-0.1, -0.05) is 42.2 Å². The van der Waals surface area contributed by atoms with Crippen LogP contribution < -0.4 is 4.90 Å². The van der Waals surface area contributed by atoms with Crippen LogP contribution in [-0.4, -0.2) is 26.2 Å². The van der Waals surface area contributed by atoms with Crippen LogP contribution in [0.25, 0.3) is 6.08 Å². The number of hydrogen-bond donors (Lipinski definition) is 2. The van der Waals surface area contributed by atoms with Crippen LogP contribution in [0.15, 0.2) is 47.4 Å². The van der Waals surface area contributed by atoms with E-state index in [4.69, 9.17) is 12.2 Å². The van der Waals surface area contributed by atoms with Gasteiger partial charge in [-0.3, -0.25) is 14.5 Å². The topological polar surface area (TPSA) is 77.8 Å². The first kappa shape index (κ1) is 17.2. The molecule has 126 valence electrons. The van der Waals surface area contributed by atoms with Crippen LogP contribution in [0.4, 0.5) is 5.69 Å². The quantitative estimate of drug-likeness (QED) is 0.371. The molecule has 0 bridgehead atoms. The van der Waals surface area contributed by atoms with Gasteiger partial charge in [0, 0.05) is 5.56 Å². The number of carbonyl (C=O) groups excluding carboxylic acids is 2. The van der Waals surface area contributed by atoms with Gasteiger partial charge in [-0.2, -0.15) is 0 Å². The Hall–Kier alpha value is -2.64. The highest BCUT2D eigenvalue weighted by Crippen LogP contribution is 2.37. The van der Waals surface area contributed by atoms with E-state index in [9.17, 15) is 19.8 Å². The second-order valence-electron chi connectivity index (χ2n) is 5.37. The fraction of sp³-hybridized carbons (Fsp3) is 0.0556. The Labute approximate surface area is 153 Å². The van der Waals surface area contributed by atoms with Gasteiger partial charge < -0.3 is 10.2 Å². The van der Waals surface area contributed by atoms with Crippen LogP contribution in [0.1, 0.15) is 22.8 Å². The minimum atomic E-state index is -0.303. The highest BCUT2D eigenvalue weighted by Gasteiger charge is 2.33. The number of hydrogen-bond acceptors (Lipinski definition) is 6. The van der Waals surface area contributed by atoms with E-state index < -0.39 is 0 Å². The Morgan fingerprint density at radius 2 is 1.92 bits per heavy atom. The summed E-state index contributed by atoms with van der Waals surface area (Å²) in [4.78, 5) is 26.0. The van der Waals surface area contributed by atoms with Crippen LogP contribution >= 0.6 is 24.0 Å². The van der Waals surface area contributed by atoms with Crippen LogP contribution in [0.2, 0.25) is 0 Å². The van der Waals surface area contributed by atoms with E-state index >= 15 is 0 Å². The van der Waals surface area contributed by atoms with E-state index in [2.05, 4.69) is 0 Å². The molecule has 2 aromatic carbocycles. The Balaban J connectivity index is 1.94. The molecule has 1 fully saturated rings. The number of ketones is 1. The lowest BCUT2D eigenvalue weighted by Gasteiger charge is -2.15. The minimum absolute atomic E-state index is 0.0950. The van der Waals surface area contributed by atoms with E-state index in [1.54, 1.807) is 36.4 Å². The van der Waals surface area contributed by atoms with Crippen molar-refractivity contribution in [3.05, 3.63) is 58.5 Å². The summed E-state index contributed by atoms with van der Waals surface area (Å²) in [5.74, 6) is -0.894. The predicted octanol–water partition coefficient (Wildman–Crippen LogP) is 3.71.